The van der Waals surface area contributed by atoms with Crippen LogP contribution in [-0.2, 0) is 6.54 Å². The van der Waals surface area contributed by atoms with E-state index in [1.165, 1.54) is 6.07 Å². The van der Waals surface area contributed by atoms with E-state index in [4.69, 9.17) is 8.83 Å². The zero-order valence-electron chi connectivity index (χ0n) is 10.8. The third kappa shape index (κ3) is 2.90. The molecule has 1 N–H and O–H groups in total. The van der Waals surface area contributed by atoms with Gasteiger partial charge in [0.25, 0.3) is 5.91 Å². The molecule has 0 radical (unpaired) electrons. The number of hydrogen-bond donors (Lipinski definition) is 1. The molecule has 0 aliphatic rings. The van der Waals surface area contributed by atoms with Crippen molar-refractivity contribution in [2.24, 2.45) is 0 Å². The molecule has 0 saturated heterocycles. The summed E-state index contributed by atoms with van der Waals surface area (Å²) in [5.74, 6) is 0.0856. The normalized spacial score (nSPS) is 10.7. The van der Waals surface area contributed by atoms with E-state index >= 15 is 0 Å². The maximum Gasteiger partial charge on any atom is 0.349 e. The number of para-hydroxylation sites is 1. The summed E-state index contributed by atoms with van der Waals surface area (Å²) < 4.78 is 11.0. The molecule has 1 aromatic carbocycles. The Balaban J connectivity index is 1.84. The molecule has 1 amide bonds. The minimum absolute atomic E-state index is 0.0284. The van der Waals surface area contributed by atoms with Crippen molar-refractivity contribution in [2.75, 3.05) is 0 Å². The van der Waals surface area contributed by atoms with Crippen molar-refractivity contribution < 1.29 is 13.6 Å². The van der Waals surface area contributed by atoms with Gasteiger partial charge < -0.3 is 14.2 Å². The summed E-state index contributed by atoms with van der Waals surface area (Å²) in [6.07, 6.45) is 0. The molecule has 3 aromatic rings. The Labute approximate surface area is 127 Å². The van der Waals surface area contributed by atoms with Crippen LogP contribution in [0.3, 0.4) is 0 Å². The predicted molar refractivity (Wildman–Crippen MR) is 80.1 cm³/mol. The number of halogens is 1. The van der Waals surface area contributed by atoms with Crippen LogP contribution in [-0.4, -0.2) is 5.91 Å². The fourth-order valence-electron chi connectivity index (χ4n) is 1.93. The Morgan fingerprint density at radius 2 is 1.95 bits per heavy atom. The van der Waals surface area contributed by atoms with Gasteiger partial charge in [0.15, 0.2) is 4.67 Å². The number of hydrogen-bond acceptors (Lipinski definition) is 4. The highest BCUT2D eigenvalue weighted by Crippen LogP contribution is 2.14. The lowest BCUT2D eigenvalue weighted by Gasteiger charge is -2.03. The van der Waals surface area contributed by atoms with Gasteiger partial charge in [0.05, 0.1) is 6.54 Å². The van der Waals surface area contributed by atoms with Crippen molar-refractivity contribution in [1.82, 2.24) is 5.32 Å². The topological polar surface area (TPSA) is 72.5 Å². The van der Waals surface area contributed by atoms with Gasteiger partial charge in [0, 0.05) is 5.39 Å². The summed E-state index contributed by atoms with van der Waals surface area (Å²) >= 11 is 3.18. The maximum absolute atomic E-state index is 12.1. The number of furan rings is 1. The largest absolute Gasteiger partial charge is 0.452 e. The highest BCUT2D eigenvalue weighted by atomic mass is 79.9. The quantitative estimate of drug-likeness (QED) is 0.739. The van der Waals surface area contributed by atoms with E-state index in [0.29, 0.717) is 21.4 Å². The van der Waals surface area contributed by atoms with E-state index < -0.39 is 11.5 Å². The van der Waals surface area contributed by atoms with Gasteiger partial charge in [0.1, 0.15) is 16.9 Å². The van der Waals surface area contributed by atoms with Gasteiger partial charge in [-0.25, -0.2) is 4.79 Å². The van der Waals surface area contributed by atoms with E-state index in [1.807, 2.05) is 6.07 Å². The average molecular weight is 348 g/mol. The zero-order valence-corrected chi connectivity index (χ0v) is 12.3. The van der Waals surface area contributed by atoms with Gasteiger partial charge in [-0.2, -0.15) is 0 Å². The van der Waals surface area contributed by atoms with Crippen LogP contribution in [0.15, 0.2) is 60.8 Å². The molecule has 0 aliphatic carbocycles. The van der Waals surface area contributed by atoms with Gasteiger partial charge in [-0.1, -0.05) is 18.2 Å². The first-order valence-electron chi connectivity index (χ1n) is 6.19. The van der Waals surface area contributed by atoms with Gasteiger partial charge in [-0.15, -0.1) is 0 Å². The maximum atomic E-state index is 12.1. The molecule has 0 spiro atoms. The lowest BCUT2D eigenvalue weighted by molar-refractivity contribution is 0.0944. The average Bonchev–Trinajstić information content (AvgIpc) is 2.89. The van der Waals surface area contributed by atoms with Crippen LogP contribution in [0.2, 0.25) is 0 Å². The second kappa shape index (κ2) is 5.57. The van der Waals surface area contributed by atoms with Crippen molar-refractivity contribution in [2.45, 2.75) is 6.54 Å². The molecule has 2 aromatic heterocycles. The third-order valence-electron chi connectivity index (χ3n) is 2.94. The number of carbonyl (C=O) groups is 1. The van der Waals surface area contributed by atoms with E-state index in [9.17, 15) is 9.59 Å². The summed E-state index contributed by atoms with van der Waals surface area (Å²) in [7, 11) is 0. The smallest absolute Gasteiger partial charge is 0.349 e. The molecule has 2 heterocycles. The Kier molecular flexibility index (Phi) is 3.62. The zero-order chi connectivity index (χ0) is 14.8. The van der Waals surface area contributed by atoms with Crippen LogP contribution >= 0.6 is 15.9 Å². The van der Waals surface area contributed by atoms with Gasteiger partial charge >= 0.3 is 5.63 Å². The predicted octanol–water partition coefficient (Wildman–Crippen LogP) is 3.08. The Bertz CT molecular complexity index is 865. The fourth-order valence-corrected chi connectivity index (χ4v) is 2.27. The number of nitrogens with one attached hydrogen (secondary N) is 1. The summed E-state index contributed by atoms with van der Waals surface area (Å²) in [5.41, 5.74) is -0.236. The second-order valence-electron chi connectivity index (χ2n) is 4.37. The first-order chi connectivity index (χ1) is 10.1. The number of fused-ring (bicyclic) bond motifs is 1. The first-order valence-corrected chi connectivity index (χ1v) is 6.98. The summed E-state index contributed by atoms with van der Waals surface area (Å²) in [4.78, 5) is 23.9. The Hall–Kier alpha value is -2.34. The van der Waals surface area contributed by atoms with Crippen molar-refractivity contribution in [1.29, 1.82) is 0 Å². The van der Waals surface area contributed by atoms with Gasteiger partial charge in [-0.05, 0) is 40.2 Å². The Morgan fingerprint density at radius 3 is 2.71 bits per heavy atom. The van der Waals surface area contributed by atoms with Crippen LogP contribution in [0, 0.1) is 0 Å². The molecular weight excluding hydrogens is 338 g/mol. The fraction of sp³-hybridized carbons (Fsp3) is 0.0667. The van der Waals surface area contributed by atoms with Crippen LogP contribution in [0.25, 0.3) is 11.0 Å². The molecule has 106 valence electrons. The van der Waals surface area contributed by atoms with E-state index in [0.717, 1.165) is 0 Å². The molecule has 0 unspecified atom stereocenters. The van der Waals surface area contributed by atoms with E-state index in [1.54, 1.807) is 30.3 Å². The molecule has 0 saturated carbocycles. The number of rotatable bonds is 3. The van der Waals surface area contributed by atoms with Gasteiger partial charge in [0.2, 0.25) is 0 Å². The number of carbonyl (C=O) groups excluding carboxylic acids is 1. The molecule has 0 bridgehead atoms. The minimum Gasteiger partial charge on any atom is -0.452 e. The first kappa shape index (κ1) is 13.6. The highest BCUT2D eigenvalue weighted by molar-refractivity contribution is 9.10. The van der Waals surface area contributed by atoms with E-state index in [2.05, 4.69) is 21.2 Å². The van der Waals surface area contributed by atoms with Crippen LogP contribution in [0.5, 0.6) is 0 Å². The molecule has 5 nitrogen and oxygen atoms in total. The summed E-state index contributed by atoms with van der Waals surface area (Å²) in [6.45, 7) is 0.191. The van der Waals surface area contributed by atoms with Crippen LogP contribution in [0.1, 0.15) is 16.1 Å². The van der Waals surface area contributed by atoms with Crippen molar-refractivity contribution in [3.63, 3.8) is 0 Å². The summed E-state index contributed by atoms with van der Waals surface area (Å²) in [6, 6.07) is 12.0. The Morgan fingerprint density at radius 1 is 1.14 bits per heavy atom. The van der Waals surface area contributed by atoms with Crippen molar-refractivity contribution >= 4 is 32.8 Å². The van der Waals surface area contributed by atoms with Crippen LogP contribution < -0.4 is 10.9 Å². The lowest BCUT2D eigenvalue weighted by atomic mass is 10.2. The van der Waals surface area contributed by atoms with Crippen LogP contribution in [0.4, 0.5) is 0 Å². The highest BCUT2D eigenvalue weighted by Gasteiger charge is 2.13. The summed E-state index contributed by atoms with van der Waals surface area (Å²) in [5, 5.41) is 3.32. The van der Waals surface area contributed by atoms with Gasteiger partial charge in [-0.3, -0.25) is 4.79 Å². The van der Waals surface area contributed by atoms with Crippen molar-refractivity contribution in [3.8, 4) is 0 Å². The molecule has 0 atom stereocenters. The molecule has 0 fully saturated rings. The minimum atomic E-state index is -0.660. The van der Waals surface area contributed by atoms with E-state index in [-0.39, 0.29) is 12.1 Å². The second-order valence-corrected chi connectivity index (χ2v) is 5.16. The SMILES string of the molecule is O=C(NCc1ccc(Br)o1)c1cc2ccccc2oc1=O. The monoisotopic (exact) mass is 347 g/mol. The number of amides is 1. The number of benzene rings is 1. The molecular formula is C15H10BrNO4. The molecule has 0 aliphatic heterocycles. The standard InChI is InChI=1S/C15H10BrNO4/c16-13-6-5-10(20-13)8-17-14(18)11-7-9-3-1-2-4-12(9)21-15(11)19/h1-7H,8H2,(H,17,18). The van der Waals surface area contributed by atoms with Crippen molar-refractivity contribution in [3.05, 3.63) is 68.9 Å². The molecule has 3 rings (SSSR count). The molecule has 6 heteroatoms. The third-order valence-corrected chi connectivity index (χ3v) is 3.36. The lowest BCUT2D eigenvalue weighted by Crippen LogP contribution is -2.27. The molecule has 21 heavy (non-hydrogen) atoms.